The van der Waals surface area contributed by atoms with Crippen LogP contribution in [0.5, 0.6) is 0 Å². The van der Waals surface area contributed by atoms with E-state index in [1.807, 2.05) is 30.1 Å². The molecule has 3 rings (SSSR count). The quantitative estimate of drug-likeness (QED) is 0.930. The number of likely N-dealkylation sites (tertiary alicyclic amines) is 1. The predicted molar refractivity (Wildman–Crippen MR) is 91.1 cm³/mol. The van der Waals surface area contributed by atoms with E-state index in [0.29, 0.717) is 0 Å². The van der Waals surface area contributed by atoms with Crippen LogP contribution in [0.4, 0.5) is 0 Å². The SMILES string of the molecule is CC(C)N(C)C(=O)C1CCN(C2Cc3ccccc3C2O)CC1. The van der Waals surface area contributed by atoms with E-state index in [1.165, 1.54) is 5.56 Å². The fourth-order valence-electron chi connectivity index (χ4n) is 3.90. The van der Waals surface area contributed by atoms with E-state index in [-0.39, 0.29) is 23.9 Å². The lowest BCUT2D eigenvalue weighted by atomic mass is 9.93. The Morgan fingerprint density at radius 3 is 2.52 bits per heavy atom. The molecule has 1 aliphatic carbocycles. The fraction of sp³-hybridized carbons (Fsp3) is 0.632. The first-order chi connectivity index (χ1) is 11.0. The number of piperidine rings is 1. The summed E-state index contributed by atoms with van der Waals surface area (Å²) < 4.78 is 0. The number of fused-ring (bicyclic) bond motifs is 1. The van der Waals surface area contributed by atoms with Crippen LogP contribution in [0.25, 0.3) is 0 Å². The molecule has 0 bridgehead atoms. The molecule has 23 heavy (non-hydrogen) atoms. The molecule has 1 fully saturated rings. The first-order valence-electron chi connectivity index (χ1n) is 8.75. The number of benzene rings is 1. The van der Waals surface area contributed by atoms with Gasteiger partial charge < -0.3 is 10.0 Å². The van der Waals surface area contributed by atoms with E-state index in [1.54, 1.807) is 0 Å². The molecule has 0 spiro atoms. The molecule has 2 aliphatic rings. The molecule has 1 aliphatic heterocycles. The molecule has 1 amide bonds. The molecule has 4 nitrogen and oxygen atoms in total. The van der Waals surface area contributed by atoms with E-state index in [9.17, 15) is 9.90 Å². The van der Waals surface area contributed by atoms with Crippen molar-refractivity contribution in [3.05, 3.63) is 35.4 Å². The fourth-order valence-corrected chi connectivity index (χ4v) is 3.90. The Morgan fingerprint density at radius 2 is 1.91 bits per heavy atom. The monoisotopic (exact) mass is 316 g/mol. The number of aliphatic hydroxyl groups excluding tert-OH is 1. The molecule has 0 aromatic heterocycles. The van der Waals surface area contributed by atoms with Crippen LogP contribution >= 0.6 is 0 Å². The van der Waals surface area contributed by atoms with Gasteiger partial charge >= 0.3 is 0 Å². The maximum absolute atomic E-state index is 12.5. The van der Waals surface area contributed by atoms with Gasteiger partial charge in [-0.25, -0.2) is 0 Å². The molecule has 1 N–H and O–H groups in total. The van der Waals surface area contributed by atoms with Gasteiger partial charge in [-0.2, -0.15) is 0 Å². The normalized spacial score (nSPS) is 25.6. The van der Waals surface area contributed by atoms with Crippen LogP contribution in [0.3, 0.4) is 0 Å². The molecule has 0 radical (unpaired) electrons. The molecule has 2 atom stereocenters. The summed E-state index contributed by atoms with van der Waals surface area (Å²) in [6.45, 7) is 5.91. The second-order valence-electron chi connectivity index (χ2n) is 7.27. The summed E-state index contributed by atoms with van der Waals surface area (Å²) in [5.41, 5.74) is 2.35. The van der Waals surface area contributed by atoms with E-state index >= 15 is 0 Å². The first kappa shape index (κ1) is 16.5. The minimum Gasteiger partial charge on any atom is -0.387 e. The van der Waals surface area contributed by atoms with Crippen molar-refractivity contribution in [2.75, 3.05) is 20.1 Å². The van der Waals surface area contributed by atoms with Crippen LogP contribution in [-0.2, 0) is 11.2 Å². The zero-order chi connectivity index (χ0) is 16.6. The van der Waals surface area contributed by atoms with Crippen molar-refractivity contribution in [2.45, 2.75) is 51.3 Å². The summed E-state index contributed by atoms with van der Waals surface area (Å²) in [6.07, 6.45) is 2.32. The average molecular weight is 316 g/mol. The Kier molecular flexibility index (Phi) is 4.74. The summed E-state index contributed by atoms with van der Waals surface area (Å²) in [5, 5.41) is 10.6. The number of amides is 1. The summed E-state index contributed by atoms with van der Waals surface area (Å²) >= 11 is 0. The third-order valence-electron chi connectivity index (χ3n) is 5.64. The van der Waals surface area contributed by atoms with E-state index < -0.39 is 6.10 Å². The van der Waals surface area contributed by atoms with Crippen LogP contribution in [-0.4, -0.2) is 53.0 Å². The summed E-state index contributed by atoms with van der Waals surface area (Å²) in [4.78, 5) is 16.7. The van der Waals surface area contributed by atoms with Gasteiger partial charge in [0.25, 0.3) is 0 Å². The zero-order valence-electron chi connectivity index (χ0n) is 14.4. The Morgan fingerprint density at radius 1 is 1.26 bits per heavy atom. The predicted octanol–water partition coefficient (Wildman–Crippen LogP) is 2.22. The lowest BCUT2D eigenvalue weighted by Gasteiger charge is -2.38. The van der Waals surface area contributed by atoms with Crippen molar-refractivity contribution >= 4 is 5.91 Å². The van der Waals surface area contributed by atoms with Crippen LogP contribution in [0.15, 0.2) is 24.3 Å². The molecular weight excluding hydrogens is 288 g/mol. The molecule has 126 valence electrons. The number of nitrogens with zero attached hydrogens (tertiary/aromatic N) is 2. The minimum absolute atomic E-state index is 0.138. The van der Waals surface area contributed by atoms with Gasteiger partial charge in [0.2, 0.25) is 5.91 Å². The number of hydrogen-bond acceptors (Lipinski definition) is 3. The van der Waals surface area contributed by atoms with Crippen LogP contribution in [0.1, 0.15) is 43.9 Å². The molecule has 1 saturated heterocycles. The van der Waals surface area contributed by atoms with Gasteiger partial charge in [-0.05, 0) is 57.3 Å². The highest BCUT2D eigenvalue weighted by Crippen LogP contribution is 2.36. The van der Waals surface area contributed by atoms with Crippen molar-refractivity contribution in [3.8, 4) is 0 Å². The Labute approximate surface area is 139 Å². The third kappa shape index (κ3) is 3.15. The lowest BCUT2D eigenvalue weighted by molar-refractivity contribution is -0.137. The van der Waals surface area contributed by atoms with E-state index in [4.69, 9.17) is 0 Å². The Hall–Kier alpha value is -1.39. The third-order valence-corrected chi connectivity index (χ3v) is 5.64. The van der Waals surface area contributed by atoms with Crippen LogP contribution in [0, 0.1) is 5.92 Å². The molecule has 1 aromatic carbocycles. The number of carbonyl (C=O) groups is 1. The smallest absolute Gasteiger partial charge is 0.225 e. The highest BCUT2D eigenvalue weighted by molar-refractivity contribution is 5.79. The van der Waals surface area contributed by atoms with Crippen molar-refractivity contribution in [1.82, 2.24) is 9.80 Å². The maximum Gasteiger partial charge on any atom is 0.225 e. The highest BCUT2D eigenvalue weighted by Gasteiger charge is 2.37. The molecular formula is C19H28N2O2. The maximum atomic E-state index is 12.5. The Balaban J connectivity index is 1.59. The molecule has 4 heteroatoms. The second kappa shape index (κ2) is 6.62. The standard InChI is InChI=1S/C19H28N2O2/c1-13(2)20(3)19(23)14-8-10-21(11-9-14)17-12-15-6-4-5-7-16(15)18(17)22/h4-7,13-14,17-18,22H,8-12H2,1-3H3. The number of carbonyl (C=O) groups excluding carboxylic acids is 1. The van der Waals surface area contributed by atoms with Gasteiger partial charge in [0.05, 0.1) is 6.10 Å². The number of rotatable bonds is 3. The van der Waals surface area contributed by atoms with Crippen molar-refractivity contribution in [2.24, 2.45) is 5.92 Å². The van der Waals surface area contributed by atoms with Crippen molar-refractivity contribution < 1.29 is 9.90 Å². The topological polar surface area (TPSA) is 43.8 Å². The van der Waals surface area contributed by atoms with Crippen molar-refractivity contribution in [3.63, 3.8) is 0 Å². The van der Waals surface area contributed by atoms with E-state index in [2.05, 4.69) is 24.8 Å². The van der Waals surface area contributed by atoms with E-state index in [0.717, 1.165) is 37.9 Å². The number of aliphatic hydroxyl groups is 1. The van der Waals surface area contributed by atoms with Crippen LogP contribution in [0.2, 0.25) is 0 Å². The van der Waals surface area contributed by atoms with Gasteiger partial charge in [0.15, 0.2) is 0 Å². The van der Waals surface area contributed by atoms with Gasteiger partial charge in [-0.3, -0.25) is 9.69 Å². The van der Waals surface area contributed by atoms with Gasteiger partial charge in [-0.1, -0.05) is 24.3 Å². The average Bonchev–Trinajstić information content (AvgIpc) is 2.91. The number of hydrogen-bond donors (Lipinski definition) is 1. The molecule has 1 aromatic rings. The summed E-state index contributed by atoms with van der Waals surface area (Å²) in [5.74, 6) is 0.412. The second-order valence-corrected chi connectivity index (χ2v) is 7.27. The minimum atomic E-state index is -0.392. The highest BCUT2D eigenvalue weighted by atomic mass is 16.3. The lowest BCUT2D eigenvalue weighted by Crippen LogP contribution is -2.47. The van der Waals surface area contributed by atoms with Crippen LogP contribution < -0.4 is 0 Å². The Bertz CT molecular complexity index is 564. The molecule has 1 heterocycles. The summed E-state index contributed by atoms with van der Waals surface area (Å²) in [6, 6.07) is 8.62. The van der Waals surface area contributed by atoms with Crippen molar-refractivity contribution in [1.29, 1.82) is 0 Å². The molecule has 0 saturated carbocycles. The largest absolute Gasteiger partial charge is 0.387 e. The van der Waals surface area contributed by atoms with Gasteiger partial charge in [0, 0.05) is 25.0 Å². The zero-order valence-corrected chi connectivity index (χ0v) is 14.4. The van der Waals surface area contributed by atoms with Gasteiger partial charge in [-0.15, -0.1) is 0 Å². The van der Waals surface area contributed by atoms with Gasteiger partial charge in [0.1, 0.15) is 0 Å². The first-order valence-corrected chi connectivity index (χ1v) is 8.75. The molecule has 2 unspecified atom stereocenters. The summed E-state index contributed by atoms with van der Waals surface area (Å²) in [7, 11) is 1.90.